The Bertz CT molecular complexity index is 976. The van der Waals surface area contributed by atoms with Gasteiger partial charge in [-0.2, -0.15) is 9.61 Å². The van der Waals surface area contributed by atoms with E-state index in [9.17, 15) is 22.0 Å². The molecule has 4 rings (SSSR count). The van der Waals surface area contributed by atoms with Crippen LogP contribution in [0.5, 0.6) is 5.88 Å². The van der Waals surface area contributed by atoms with Crippen LogP contribution in [0.2, 0.25) is 0 Å². The van der Waals surface area contributed by atoms with Gasteiger partial charge in [-0.3, -0.25) is 0 Å². The molecule has 0 aromatic carbocycles. The van der Waals surface area contributed by atoms with Crippen LogP contribution >= 0.6 is 0 Å². The first kappa shape index (κ1) is 16.6. The standard InChI is InChI=1S/C15H10F5N5O/c16-9-3-7(5-21-14(9)26-6-8-4-15(8,19)20)10-1-2-11-22-23-13(12(17)18)25(11)24-10/h1-3,5,8,12H,4,6H2. The minimum Gasteiger partial charge on any atom is -0.475 e. The quantitative estimate of drug-likeness (QED) is 0.644. The highest BCUT2D eigenvalue weighted by Crippen LogP contribution is 2.48. The molecule has 1 fully saturated rings. The van der Waals surface area contributed by atoms with Gasteiger partial charge in [-0.15, -0.1) is 10.2 Å². The van der Waals surface area contributed by atoms with Crippen molar-refractivity contribution in [2.45, 2.75) is 18.8 Å². The summed E-state index contributed by atoms with van der Waals surface area (Å²) in [6.45, 7) is -0.334. The number of hydrogen-bond acceptors (Lipinski definition) is 5. The van der Waals surface area contributed by atoms with E-state index in [0.29, 0.717) is 0 Å². The summed E-state index contributed by atoms with van der Waals surface area (Å²) >= 11 is 0. The molecule has 0 saturated heterocycles. The van der Waals surface area contributed by atoms with Crippen molar-refractivity contribution in [1.82, 2.24) is 24.8 Å². The Morgan fingerprint density at radius 2 is 2.04 bits per heavy atom. The number of pyridine rings is 1. The third-order valence-electron chi connectivity index (χ3n) is 3.96. The van der Waals surface area contributed by atoms with Crippen molar-refractivity contribution >= 4 is 5.65 Å². The van der Waals surface area contributed by atoms with E-state index >= 15 is 0 Å². The van der Waals surface area contributed by atoms with Gasteiger partial charge in [0, 0.05) is 18.2 Å². The van der Waals surface area contributed by atoms with Crippen molar-refractivity contribution < 1.29 is 26.7 Å². The Labute approximate surface area is 142 Å². The Balaban J connectivity index is 1.58. The van der Waals surface area contributed by atoms with Crippen molar-refractivity contribution in [3.05, 3.63) is 36.0 Å². The van der Waals surface area contributed by atoms with Gasteiger partial charge in [0.2, 0.25) is 11.7 Å². The predicted octanol–water partition coefficient (Wildman–Crippen LogP) is 3.30. The van der Waals surface area contributed by atoms with E-state index in [-0.39, 0.29) is 29.9 Å². The van der Waals surface area contributed by atoms with Crippen molar-refractivity contribution in [2.75, 3.05) is 6.61 Å². The fourth-order valence-electron chi connectivity index (χ4n) is 2.40. The molecule has 0 N–H and O–H groups in total. The summed E-state index contributed by atoms with van der Waals surface area (Å²) < 4.78 is 71.3. The average molecular weight is 371 g/mol. The molecule has 6 nitrogen and oxygen atoms in total. The number of aromatic nitrogens is 5. The fourth-order valence-corrected chi connectivity index (χ4v) is 2.40. The van der Waals surface area contributed by atoms with Crippen molar-refractivity contribution in [2.24, 2.45) is 5.92 Å². The largest absolute Gasteiger partial charge is 0.475 e. The third-order valence-corrected chi connectivity index (χ3v) is 3.96. The zero-order chi connectivity index (χ0) is 18.5. The van der Waals surface area contributed by atoms with Crippen molar-refractivity contribution in [1.29, 1.82) is 0 Å². The van der Waals surface area contributed by atoms with Crippen LogP contribution in [0.15, 0.2) is 24.4 Å². The highest BCUT2D eigenvalue weighted by atomic mass is 19.3. The van der Waals surface area contributed by atoms with E-state index < -0.39 is 35.8 Å². The number of nitrogens with zero attached hydrogens (tertiary/aromatic N) is 5. The zero-order valence-electron chi connectivity index (χ0n) is 12.9. The van der Waals surface area contributed by atoms with Crippen molar-refractivity contribution in [3.63, 3.8) is 0 Å². The molecule has 1 aliphatic rings. The van der Waals surface area contributed by atoms with Crippen LogP contribution in [-0.4, -0.2) is 37.3 Å². The lowest BCUT2D eigenvalue weighted by Crippen LogP contribution is -2.08. The maximum atomic E-state index is 14.1. The molecule has 0 radical (unpaired) electrons. The molecule has 1 aliphatic carbocycles. The first-order valence-electron chi connectivity index (χ1n) is 7.52. The molecule has 3 aromatic heterocycles. The molecule has 3 aromatic rings. The molecule has 0 spiro atoms. The number of halogens is 5. The summed E-state index contributed by atoms with van der Waals surface area (Å²) in [5.41, 5.74) is 0.469. The van der Waals surface area contributed by atoms with Crippen LogP contribution in [-0.2, 0) is 0 Å². The lowest BCUT2D eigenvalue weighted by atomic mass is 10.2. The van der Waals surface area contributed by atoms with E-state index in [1.54, 1.807) is 0 Å². The predicted molar refractivity (Wildman–Crippen MR) is 77.5 cm³/mol. The van der Waals surface area contributed by atoms with Crippen LogP contribution in [0.1, 0.15) is 18.7 Å². The second-order valence-corrected chi connectivity index (χ2v) is 5.83. The summed E-state index contributed by atoms with van der Waals surface area (Å²) in [7, 11) is 0. The van der Waals surface area contributed by atoms with Gasteiger partial charge >= 0.3 is 0 Å². The number of hydrogen-bond donors (Lipinski definition) is 0. The third kappa shape index (κ3) is 2.93. The maximum absolute atomic E-state index is 14.1. The Kier molecular flexibility index (Phi) is 3.74. The highest BCUT2D eigenvalue weighted by Gasteiger charge is 2.57. The van der Waals surface area contributed by atoms with Crippen molar-refractivity contribution in [3.8, 4) is 17.1 Å². The number of rotatable bonds is 5. The summed E-state index contributed by atoms with van der Waals surface area (Å²) in [4.78, 5) is 3.76. The van der Waals surface area contributed by atoms with E-state index in [1.807, 2.05) is 0 Å². The summed E-state index contributed by atoms with van der Waals surface area (Å²) in [5.74, 6) is -5.62. The highest BCUT2D eigenvalue weighted by molar-refractivity contribution is 5.59. The monoisotopic (exact) mass is 371 g/mol. The Hall–Kier alpha value is -2.85. The number of alkyl halides is 4. The first-order chi connectivity index (χ1) is 12.3. The molecule has 0 aliphatic heterocycles. The molecule has 0 amide bonds. The van der Waals surface area contributed by atoms with Gasteiger partial charge in [-0.05, 0) is 18.2 Å². The summed E-state index contributed by atoms with van der Waals surface area (Å²) in [6, 6.07) is 3.88. The van der Waals surface area contributed by atoms with Gasteiger partial charge in [-0.1, -0.05) is 0 Å². The molecular weight excluding hydrogens is 361 g/mol. The zero-order valence-corrected chi connectivity index (χ0v) is 12.9. The first-order valence-corrected chi connectivity index (χ1v) is 7.52. The van der Waals surface area contributed by atoms with Crippen LogP contribution in [0.3, 0.4) is 0 Å². The fraction of sp³-hybridized carbons (Fsp3) is 0.333. The second-order valence-electron chi connectivity index (χ2n) is 5.83. The van der Waals surface area contributed by atoms with Gasteiger partial charge in [0.1, 0.15) is 0 Å². The van der Waals surface area contributed by atoms with Gasteiger partial charge in [0.25, 0.3) is 12.3 Å². The van der Waals surface area contributed by atoms with E-state index in [2.05, 4.69) is 20.3 Å². The minimum absolute atomic E-state index is 0.114. The normalized spacial score (nSPS) is 18.5. The van der Waals surface area contributed by atoms with Gasteiger partial charge < -0.3 is 4.74 Å². The molecule has 1 atom stereocenters. The van der Waals surface area contributed by atoms with Crippen LogP contribution in [0, 0.1) is 11.7 Å². The molecule has 11 heteroatoms. The summed E-state index contributed by atoms with van der Waals surface area (Å²) in [6.07, 6.45) is -1.95. The van der Waals surface area contributed by atoms with Gasteiger partial charge in [0.15, 0.2) is 11.5 Å². The second kappa shape index (κ2) is 5.85. The molecule has 136 valence electrons. The summed E-state index contributed by atoms with van der Waals surface area (Å²) in [5, 5.41) is 10.9. The minimum atomic E-state index is -2.88. The maximum Gasteiger partial charge on any atom is 0.299 e. The molecule has 1 unspecified atom stereocenters. The van der Waals surface area contributed by atoms with Gasteiger partial charge in [-0.25, -0.2) is 26.9 Å². The molecular formula is C15H10F5N5O. The van der Waals surface area contributed by atoms with Crippen LogP contribution in [0.25, 0.3) is 16.9 Å². The molecule has 26 heavy (non-hydrogen) atoms. The smallest absolute Gasteiger partial charge is 0.299 e. The lowest BCUT2D eigenvalue weighted by molar-refractivity contribution is 0.0842. The molecule has 0 bridgehead atoms. The van der Waals surface area contributed by atoms with Crippen LogP contribution < -0.4 is 4.74 Å². The lowest BCUT2D eigenvalue weighted by Gasteiger charge is -2.07. The molecule has 3 heterocycles. The number of ether oxygens (including phenoxy) is 1. The Morgan fingerprint density at radius 1 is 1.27 bits per heavy atom. The SMILES string of the molecule is Fc1cc(-c2ccc3nnc(C(F)F)n3n2)cnc1OCC1CC1(F)F. The van der Waals surface area contributed by atoms with E-state index in [0.717, 1.165) is 10.6 Å². The Morgan fingerprint density at radius 3 is 2.69 bits per heavy atom. The van der Waals surface area contributed by atoms with Gasteiger partial charge in [0.05, 0.1) is 18.2 Å². The topological polar surface area (TPSA) is 65.2 Å². The molecule has 1 saturated carbocycles. The van der Waals surface area contributed by atoms with E-state index in [1.165, 1.54) is 18.3 Å². The van der Waals surface area contributed by atoms with Crippen LogP contribution in [0.4, 0.5) is 22.0 Å². The van der Waals surface area contributed by atoms with E-state index in [4.69, 9.17) is 4.74 Å². The average Bonchev–Trinajstić information content (AvgIpc) is 3.02. The number of fused-ring (bicyclic) bond motifs is 1.